The topological polar surface area (TPSA) is 39.1 Å². The molecule has 0 aromatic heterocycles. The second-order valence-corrected chi connectivity index (χ2v) is 8.88. The second-order valence-electron chi connectivity index (χ2n) is 8.88. The first kappa shape index (κ1) is 20.1. The van der Waals surface area contributed by atoms with Gasteiger partial charge >= 0.3 is 0 Å². The van der Waals surface area contributed by atoms with Crippen molar-refractivity contribution in [3.8, 4) is 6.07 Å². The molecule has 3 atom stereocenters. The van der Waals surface area contributed by atoms with Gasteiger partial charge in [0.15, 0.2) is 0 Å². The molecule has 1 heterocycles. The minimum Gasteiger partial charge on any atom is -0.314 e. The Kier molecular flexibility index (Phi) is 6.33. The molecule has 152 valence electrons. The minimum absolute atomic E-state index is 0.337. The fourth-order valence-electron chi connectivity index (χ4n) is 5.62. The van der Waals surface area contributed by atoms with Gasteiger partial charge in [-0.1, -0.05) is 60.7 Å². The number of benzene rings is 2. The van der Waals surface area contributed by atoms with Gasteiger partial charge < -0.3 is 10.2 Å². The summed E-state index contributed by atoms with van der Waals surface area (Å²) < 4.78 is 0. The van der Waals surface area contributed by atoms with Crippen molar-refractivity contribution < 1.29 is 0 Å². The molecule has 3 heteroatoms. The zero-order chi connectivity index (χ0) is 20.1. The third-order valence-corrected chi connectivity index (χ3v) is 7.26. The van der Waals surface area contributed by atoms with E-state index in [9.17, 15) is 5.26 Å². The molecular formula is C26H33N3. The van der Waals surface area contributed by atoms with Gasteiger partial charge in [0.2, 0.25) is 0 Å². The molecule has 2 aromatic rings. The quantitative estimate of drug-likeness (QED) is 0.746. The Labute approximate surface area is 175 Å². The maximum absolute atomic E-state index is 10.5. The van der Waals surface area contributed by atoms with Crippen LogP contribution in [0.2, 0.25) is 0 Å². The second kappa shape index (κ2) is 9.11. The molecule has 1 saturated heterocycles. The molecule has 4 rings (SSSR count). The van der Waals surface area contributed by atoms with E-state index in [1.165, 1.54) is 25.8 Å². The summed E-state index contributed by atoms with van der Waals surface area (Å²) in [5.41, 5.74) is 1.70. The van der Waals surface area contributed by atoms with E-state index in [0.29, 0.717) is 12.0 Å². The van der Waals surface area contributed by atoms with E-state index in [0.717, 1.165) is 43.0 Å². The van der Waals surface area contributed by atoms with Crippen molar-refractivity contribution in [1.82, 2.24) is 10.2 Å². The van der Waals surface area contributed by atoms with Crippen LogP contribution in [-0.4, -0.2) is 37.1 Å². The molecule has 1 aliphatic carbocycles. The smallest absolute Gasteiger partial charge is 0.110 e. The highest BCUT2D eigenvalue weighted by molar-refractivity contribution is 5.47. The first-order valence-electron chi connectivity index (χ1n) is 11.2. The molecule has 3 nitrogen and oxygen atoms in total. The fraction of sp³-hybridized carbons (Fsp3) is 0.500. The van der Waals surface area contributed by atoms with Crippen LogP contribution >= 0.6 is 0 Å². The summed E-state index contributed by atoms with van der Waals surface area (Å²) in [6.07, 6.45) is 7.24. The number of likely N-dealkylation sites (tertiary alicyclic amines) is 1. The Morgan fingerprint density at radius 1 is 1.00 bits per heavy atom. The lowest BCUT2D eigenvalue weighted by atomic mass is 9.66. The maximum atomic E-state index is 10.5. The number of nitriles is 1. The van der Waals surface area contributed by atoms with Crippen LogP contribution in [0.25, 0.3) is 0 Å². The van der Waals surface area contributed by atoms with Gasteiger partial charge in [0.1, 0.15) is 5.41 Å². The van der Waals surface area contributed by atoms with Gasteiger partial charge in [-0.25, -0.2) is 0 Å². The first-order valence-corrected chi connectivity index (χ1v) is 11.2. The highest BCUT2D eigenvalue weighted by Gasteiger charge is 2.45. The van der Waals surface area contributed by atoms with Gasteiger partial charge in [0.25, 0.3) is 0 Å². The number of hydrogen-bond acceptors (Lipinski definition) is 3. The van der Waals surface area contributed by atoms with Crippen molar-refractivity contribution in [3.63, 3.8) is 0 Å². The molecule has 1 aliphatic heterocycles. The van der Waals surface area contributed by atoms with E-state index in [2.05, 4.69) is 71.9 Å². The highest BCUT2D eigenvalue weighted by Crippen LogP contribution is 2.46. The zero-order valence-electron chi connectivity index (χ0n) is 17.6. The summed E-state index contributed by atoms with van der Waals surface area (Å²) in [7, 11) is 2.25. The van der Waals surface area contributed by atoms with Crippen molar-refractivity contribution in [1.29, 1.82) is 5.26 Å². The summed E-state index contributed by atoms with van der Waals surface area (Å²) in [6, 6.07) is 24.9. The summed E-state index contributed by atoms with van der Waals surface area (Å²) >= 11 is 0. The standard InChI is InChI=1S/C26H33N3/c1-29-18-8-13-25(29)16-17-28-24-15-14-23(19-24)26(20-27,21-9-4-2-5-10-21)22-11-6-3-7-12-22/h2-7,9-12,23-25,28H,8,13-19H2,1H3/t23?,24?,25-/m0/s1. The average molecular weight is 388 g/mol. The Morgan fingerprint density at radius 2 is 1.66 bits per heavy atom. The van der Waals surface area contributed by atoms with E-state index >= 15 is 0 Å². The molecule has 2 unspecified atom stereocenters. The van der Waals surface area contributed by atoms with Crippen LogP contribution < -0.4 is 5.32 Å². The zero-order valence-corrected chi connectivity index (χ0v) is 17.6. The molecule has 2 aliphatic rings. The van der Waals surface area contributed by atoms with Crippen LogP contribution in [-0.2, 0) is 5.41 Å². The van der Waals surface area contributed by atoms with Crippen molar-refractivity contribution in [2.45, 2.75) is 56.0 Å². The summed E-state index contributed by atoms with van der Waals surface area (Å²) in [4.78, 5) is 2.50. The lowest BCUT2D eigenvalue weighted by Gasteiger charge is -2.34. The predicted octanol–water partition coefficient (Wildman–Crippen LogP) is 4.74. The van der Waals surface area contributed by atoms with Crippen molar-refractivity contribution in [2.24, 2.45) is 5.92 Å². The minimum atomic E-state index is -0.565. The van der Waals surface area contributed by atoms with E-state index in [1.54, 1.807) is 0 Å². The monoisotopic (exact) mass is 387 g/mol. The Morgan fingerprint density at radius 3 is 2.21 bits per heavy atom. The van der Waals surface area contributed by atoms with E-state index in [-0.39, 0.29) is 0 Å². The van der Waals surface area contributed by atoms with Gasteiger partial charge in [-0.3, -0.25) is 0 Å². The highest BCUT2D eigenvalue weighted by atomic mass is 15.1. The Hall–Kier alpha value is -2.15. The van der Waals surface area contributed by atoms with Gasteiger partial charge in [-0.2, -0.15) is 5.26 Å². The van der Waals surface area contributed by atoms with Gasteiger partial charge in [-0.15, -0.1) is 0 Å². The molecule has 0 bridgehead atoms. The van der Waals surface area contributed by atoms with Crippen LogP contribution in [0.3, 0.4) is 0 Å². The van der Waals surface area contributed by atoms with Crippen LogP contribution in [0.1, 0.15) is 49.7 Å². The summed E-state index contributed by atoms with van der Waals surface area (Å²) in [6.45, 7) is 2.33. The SMILES string of the molecule is CN1CCC[C@H]1CCNC1CCC(C(C#N)(c2ccccc2)c2ccccc2)C1. The van der Waals surface area contributed by atoms with Crippen molar-refractivity contribution in [2.75, 3.05) is 20.1 Å². The molecular weight excluding hydrogens is 354 g/mol. The number of hydrogen-bond donors (Lipinski definition) is 1. The van der Waals surface area contributed by atoms with Crippen molar-refractivity contribution in [3.05, 3.63) is 71.8 Å². The molecule has 0 spiro atoms. The van der Waals surface area contributed by atoms with Crippen LogP contribution in [0.5, 0.6) is 0 Å². The number of nitrogens with one attached hydrogen (secondary N) is 1. The predicted molar refractivity (Wildman–Crippen MR) is 119 cm³/mol. The Bertz CT molecular complexity index is 771. The fourth-order valence-corrected chi connectivity index (χ4v) is 5.62. The Balaban J connectivity index is 1.49. The molecule has 1 saturated carbocycles. The molecule has 2 fully saturated rings. The van der Waals surface area contributed by atoms with Crippen LogP contribution in [0.4, 0.5) is 0 Å². The van der Waals surface area contributed by atoms with E-state index < -0.39 is 5.41 Å². The van der Waals surface area contributed by atoms with Crippen molar-refractivity contribution >= 4 is 0 Å². The average Bonchev–Trinajstić information content (AvgIpc) is 3.40. The molecule has 1 N–H and O–H groups in total. The third kappa shape index (κ3) is 4.10. The molecule has 2 aromatic carbocycles. The van der Waals surface area contributed by atoms with Gasteiger partial charge in [-0.05, 0) is 75.7 Å². The van der Waals surface area contributed by atoms with Gasteiger partial charge in [0.05, 0.1) is 6.07 Å². The first-order chi connectivity index (χ1) is 14.2. The summed E-state index contributed by atoms with van der Waals surface area (Å²) in [5.74, 6) is 0.337. The lowest BCUT2D eigenvalue weighted by molar-refractivity contribution is 0.289. The number of nitrogens with zero attached hydrogens (tertiary/aromatic N) is 2. The van der Waals surface area contributed by atoms with Gasteiger partial charge in [0, 0.05) is 12.1 Å². The largest absolute Gasteiger partial charge is 0.314 e. The molecule has 0 radical (unpaired) electrons. The summed E-state index contributed by atoms with van der Waals surface area (Å²) in [5, 5.41) is 14.3. The van der Waals surface area contributed by atoms with Crippen LogP contribution in [0, 0.1) is 17.2 Å². The maximum Gasteiger partial charge on any atom is 0.110 e. The molecule has 29 heavy (non-hydrogen) atoms. The third-order valence-electron chi connectivity index (χ3n) is 7.26. The van der Waals surface area contributed by atoms with E-state index in [4.69, 9.17) is 0 Å². The van der Waals surface area contributed by atoms with E-state index in [1.807, 2.05) is 12.1 Å². The molecule has 0 amide bonds. The number of rotatable bonds is 7. The normalized spacial score (nSPS) is 25.2. The van der Waals surface area contributed by atoms with Crippen LogP contribution in [0.15, 0.2) is 60.7 Å². The lowest BCUT2D eigenvalue weighted by Crippen LogP contribution is -2.36.